The molecule has 0 aromatic heterocycles. The van der Waals surface area contributed by atoms with Gasteiger partial charge in [-0.05, 0) is 62.6 Å². The van der Waals surface area contributed by atoms with Crippen LogP contribution in [0, 0.1) is 6.92 Å². The number of nitrogens with one attached hydrogen (secondary N) is 1. The van der Waals surface area contributed by atoms with Gasteiger partial charge in [0.05, 0.1) is 7.11 Å². The summed E-state index contributed by atoms with van der Waals surface area (Å²) in [6.45, 7) is 7.19. The Balaban J connectivity index is 1.44. The molecule has 1 N–H and O–H groups in total. The van der Waals surface area contributed by atoms with Crippen molar-refractivity contribution in [3.63, 3.8) is 0 Å². The highest BCUT2D eigenvalue weighted by molar-refractivity contribution is 5.59. The molecule has 2 aromatic rings. The molecule has 0 saturated carbocycles. The zero-order chi connectivity index (χ0) is 17.6. The first-order valence-electron chi connectivity index (χ1n) is 8.84. The molecule has 2 aliphatic heterocycles. The lowest BCUT2D eigenvalue weighted by atomic mass is 9.93. The summed E-state index contributed by atoms with van der Waals surface area (Å²) in [5.41, 5.74) is 4.57. The lowest BCUT2D eigenvalue weighted by molar-refractivity contribution is 0.0725. The third-order valence-electron chi connectivity index (χ3n) is 5.10. The molecule has 25 heavy (non-hydrogen) atoms. The van der Waals surface area contributed by atoms with E-state index in [9.17, 15) is 0 Å². The number of methoxy groups -OCH3 is 1. The van der Waals surface area contributed by atoms with Crippen molar-refractivity contribution in [3.8, 4) is 11.5 Å². The lowest BCUT2D eigenvalue weighted by Crippen LogP contribution is -2.37. The van der Waals surface area contributed by atoms with Crippen molar-refractivity contribution in [1.82, 2.24) is 0 Å². The minimum atomic E-state index is -0.243. The van der Waals surface area contributed by atoms with Gasteiger partial charge in [-0.15, -0.1) is 0 Å². The zero-order valence-corrected chi connectivity index (χ0v) is 15.3. The number of hydrogen-bond donors (Lipinski definition) is 1. The zero-order valence-electron chi connectivity index (χ0n) is 15.3. The number of aryl methyl sites for hydroxylation is 1. The van der Waals surface area contributed by atoms with Gasteiger partial charge in [-0.25, -0.2) is 0 Å². The van der Waals surface area contributed by atoms with Gasteiger partial charge in [0.1, 0.15) is 29.3 Å². The van der Waals surface area contributed by atoms with Crippen molar-refractivity contribution in [3.05, 3.63) is 53.1 Å². The van der Waals surface area contributed by atoms with E-state index in [1.165, 1.54) is 16.7 Å². The normalized spacial score (nSPS) is 22.4. The molecular weight excluding hydrogens is 314 g/mol. The molecular formula is C21H25NO3. The van der Waals surface area contributed by atoms with Gasteiger partial charge in [0, 0.05) is 17.8 Å². The molecule has 2 aliphatic rings. The molecule has 4 rings (SSSR count). The van der Waals surface area contributed by atoms with Crippen molar-refractivity contribution in [1.29, 1.82) is 0 Å². The van der Waals surface area contributed by atoms with Gasteiger partial charge in [-0.3, -0.25) is 0 Å². The second-order valence-corrected chi connectivity index (χ2v) is 7.41. The second kappa shape index (κ2) is 5.95. The van der Waals surface area contributed by atoms with Crippen molar-refractivity contribution >= 4 is 5.69 Å². The molecule has 4 nitrogen and oxygen atoms in total. The van der Waals surface area contributed by atoms with Crippen LogP contribution >= 0.6 is 0 Å². The largest absolute Gasteiger partial charge is 0.497 e. The number of anilines is 1. The fourth-order valence-corrected chi connectivity index (χ4v) is 3.55. The molecule has 2 heterocycles. The summed E-state index contributed by atoms with van der Waals surface area (Å²) in [7, 11) is 1.69. The Morgan fingerprint density at radius 2 is 1.92 bits per heavy atom. The molecule has 1 saturated heterocycles. The third kappa shape index (κ3) is 3.07. The number of rotatable bonds is 5. The maximum absolute atomic E-state index is 6.14. The summed E-state index contributed by atoms with van der Waals surface area (Å²) < 4.78 is 17.2. The highest BCUT2D eigenvalue weighted by atomic mass is 16.6. The molecule has 132 valence electrons. The Morgan fingerprint density at radius 3 is 2.64 bits per heavy atom. The number of ether oxygens (including phenoxy) is 3. The van der Waals surface area contributed by atoms with Gasteiger partial charge < -0.3 is 19.5 Å². The van der Waals surface area contributed by atoms with Crippen LogP contribution in [0.15, 0.2) is 36.4 Å². The SMILES string of the molecule is COc1ccc(CCNc2cc3c(cc2C)OC(C)(C)C2OC32)cc1. The first-order chi connectivity index (χ1) is 12.0. The summed E-state index contributed by atoms with van der Waals surface area (Å²) in [4.78, 5) is 0. The summed E-state index contributed by atoms with van der Waals surface area (Å²) >= 11 is 0. The number of fused-ring (bicyclic) bond motifs is 3. The first-order valence-corrected chi connectivity index (χ1v) is 8.84. The van der Waals surface area contributed by atoms with E-state index in [0.29, 0.717) is 0 Å². The number of benzene rings is 2. The Labute approximate surface area is 149 Å². The van der Waals surface area contributed by atoms with Crippen LogP contribution in [-0.2, 0) is 11.2 Å². The first kappa shape index (κ1) is 16.3. The quantitative estimate of drug-likeness (QED) is 0.826. The number of epoxide rings is 1. The Morgan fingerprint density at radius 1 is 1.16 bits per heavy atom. The van der Waals surface area contributed by atoms with E-state index >= 15 is 0 Å². The van der Waals surface area contributed by atoms with Crippen molar-refractivity contribution in [2.45, 2.75) is 45.0 Å². The molecule has 2 atom stereocenters. The number of hydrogen-bond acceptors (Lipinski definition) is 4. The van der Waals surface area contributed by atoms with E-state index in [4.69, 9.17) is 14.2 Å². The van der Waals surface area contributed by atoms with E-state index in [-0.39, 0.29) is 17.8 Å². The van der Waals surface area contributed by atoms with Gasteiger partial charge in [-0.2, -0.15) is 0 Å². The molecule has 0 radical (unpaired) electrons. The predicted octanol–water partition coefficient (Wildman–Crippen LogP) is 4.27. The van der Waals surface area contributed by atoms with E-state index in [2.05, 4.69) is 50.4 Å². The van der Waals surface area contributed by atoms with Gasteiger partial charge in [0.2, 0.25) is 0 Å². The Bertz CT molecular complexity index is 782. The lowest BCUT2D eigenvalue weighted by Gasteiger charge is -2.30. The van der Waals surface area contributed by atoms with Crippen LogP contribution in [0.5, 0.6) is 11.5 Å². The van der Waals surface area contributed by atoms with Crippen molar-refractivity contribution < 1.29 is 14.2 Å². The molecule has 0 bridgehead atoms. The van der Waals surface area contributed by atoms with Crippen molar-refractivity contribution in [2.75, 3.05) is 19.0 Å². The highest BCUT2D eigenvalue weighted by Gasteiger charge is 2.56. The molecule has 4 heteroatoms. The van der Waals surface area contributed by atoms with Crippen molar-refractivity contribution in [2.24, 2.45) is 0 Å². The molecule has 2 unspecified atom stereocenters. The van der Waals surface area contributed by atoms with E-state index in [1.807, 2.05) is 12.1 Å². The fraction of sp³-hybridized carbons (Fsp3) is 0.429. The van der Waals surface area contributed by atoms with Crippen LogP contribution in [0.2, 0.25) is 0 Å². The minimum Gasteiger partial charge on any atom is -0.497 e. The molecule has 0 amide bonds. The monoisotopic (exact) mass is 339 g/mol. The summed E-state index contributed by atoms with van der Waals surface area (Å²) in [5.74, 6) is 1.85. The highest BCUT2D eigenvalue weighted by Crippen LogP contribution is 2.54. The molecule has 0 spiro atoms. The summed E-state index contributed by atoms with van der Waals surface area (Å²) in [6.07, 6.45) is 1.32. The van der Waals surface area contributed by atoms with Crippen LogP contribution in [0.3, 0.4) is 0 Å². The smallest absolute Gasteiger partial charge is 0.132 e. The maximum Gasteiger partial charge on any atom is 0.132 e. The second-order valence-electron chi connectivity index (χ2n) is 7.41. The molecule has 2 aromatic carbocycles. The standard InChI is InChI=1S/C21H25NO3/c1-13-11-18-16(19-20(24-19)21(2,3)25-18)12-17(13)22-10-9-14-5-7-15(23-4)8-6-14/h5-8,11-12,19-20,22H,9-10H2,1-4H3. The average molecular weight is 339 g/mol. The molecule has 1 fully saturated rings. The van der Waals surface area contributed by atoms with E-state index in [1.54, 1.807) is 7.11 Å². The van der Waals surface area contributed by atoms with E-state index < -0.39 is 0 Å². The van der Waals surface area contributed by atoms with Gasteiger partial charge >= 0.3 is 0 Å². The predicted molar refractivity (Wildman–Crippen MR) is 98.7 cm³/mol. The van der Waals surface area contributed by atoms with Crippen LogP contribution < -0.4 is 14.8 Å². The Hall–Kier alpha value is -2.20. The van der Waals surface area contributed by atoms with E-state index in [0.717, 1.165) is 30.2 Å². The Kier molecular flexibility index (Phi) is 3.88. The minimum absolute atomic E-state index is 0.176. The van der Waals surface area contributed by atoms with Crippen LogP contribution in [0.25, 0.3) is 0 Å². The van der Waals surface area contributed by atoms with Gasteiger partial charge in [0.25, 0.3) is 0 Å². The maximum atomic E-state index is 6.14. The van der Waals surface area contributed by atoms with Crippen LogP contribution in [0.4, 0.5) is 5.69 Å². The van der Waals surface area contributed by atoms with Gasteiger partial charge in [0.15, 0.2) is 0 Å². The topological polar surface area (TPSA) is 43.0 Å². The third-order valence-corrected chi connectivity index (χ3v) is 5.10. The summed E-state index contributed by atoms with van der Waals surface area (Å²) in [5, 5.41) is 3.56. The molecule has 0 aliphatic carbocycles. The van der Waals surface area contributed by atoms with Crippen LogP contribution in [0.1, 0.15) is 36.6 Å². The average Bonchev–Trinajstić information content (AvgIpc) is 3.38. The van der Waals surface area contributed by atoms with Crippen LogP contribution in [-0.4, -0.2) is 25.4 Å². The van der Waals surface area contributed by atoms with Gasteiger partial charge in [-0.1, -0.05) is 12.1 Å². The fourth-order valence-electron chi connectivity index (χ4n) is 3.55. The summed E-state index contributed by atoms with van der Waals surface area (Å²) in [6, 6.07) is 12.5.